The smallest absolute Gasteiger partial charge is 0.475 e. The summed E-state index contributed by atoms with van der Waals surface area (Å²) >= 11 is 0. The number of nitrogens with two attached hydrogens (primary N) is 2. The predicted octanol–water partition coefficient (Wildman–Crippen LogP) is 4.58. The van der Waals surface area contributed by atoms with Crippen LogP contribution in [0.5, 0.6) is 0 Å². The Balaban J connectivity index is 0.000000646. The Labute approximate surface area is 245 Å². The van der Waals surface area contributed by atoms with E-state index in [1.165, 1.54) is 6.07 Å². The minimum atomic E-state index is -5.08. The van der Waals surface area contributed by atoms with E-state index in [0.29, 0.717) is 35.3 Å². The molecule has 0 radical (unpaired) electrons. The van der Waals surface area contributed by atoms with Gasteiger partial charge >= 0.3 is 12.1 Å². The van der Waals surface area contributed by atoms with Crippen LogP contribution in [0.15, 0.2) is 90.1 Å². The van der Waals surface area contributed by atoms with Gasteiger partial charge in [0.2, 0.25) is 10.0 Å². The highest BCUT2D eigenvalue weighted by molar-refractivity contribution is 7.89. The Morgan fingerprint density at radius 1 is 0.953 bits per heavy atom. The van der Waals surface area contributed by atoms with Crippen molar-refractivity contribution < 1.29 is 36.3 Å². The Morgan fingerprint density at radius 2 is 1.53 bits per heavy atom. The first-order chi connectivity index (χ1) is 20.1. The molecule has 0 aliphatic heterocycles. The zero-order chi connectivity index (χ0) is 31.9. The molecule has 43 heavy (non-hydrogen) atoms. The molecule has 1 heterocycles. The van der Waals surface area contributed by atoms with E-state index in [1.807, 2.05) is 49.4 Å². The average molecular weight is 616 g/mol. The van der Waals surface area contributed by atoms with Crippen molar-refractivity contribution in [1.29, 1.82) is 5.41 Å². The number of rotatable bonds is 8. The van der Waals surface area contributed by atoms with Crippen molar-refractivity contribution in [3.63, 3.8) is 0 Å². The number of aromatic amines is 1. The molecule has 0 saturated heterocycles. The summed E-state index contributed by atoms with van der Waals surface area (Å²) in [5, 5.41) is 20.2. The zero-order valence-electron chi connectivity index (χ0n) is 22.7. The van der Waals surface area contributed by atoms with Gasteiger partial charge in [0.25, 0.3) is 5.91 Å². The second-order valence-corrected chi connectivity index (χ2v) is 10.7. The highest BCUT2D eigenvalue weighted by atomic mass is 32.2. The largest absolute Gasteiger partial charge is 0.490 e. The number of sulfonamides is 1. The van der Waals surface area contributed by atoms with Crippen LogP contribution < -0.4 is 10.9 Å². The number of aromatic nitrogens is 1. The number of alkyl halides is 3. The number of carboxylic acid groups (broad SMARTS) is 1. The number of nitrogens with one attached hydrogen (secondary N) is 2. The Bertz CT molecular complexity index is 1740. The van der Waals surface area contributed by atoms with E-state index in [1.54, 1.807) is 41.6 Å². The quantitative estimate of drug-likeness (QED) is 0.143. The van der Waals surface area contributed by atoms with Gasteiger partial charge in [-0.25, -0.2) is 18.4 Å². The zero-order valence-corrected chi connectivity index (χ0v) is 23.5. The van der Waals surface area contributed by atoms with E-state index in [-0.39, 0.29) is 16.6 Å². The van der Waals surface area contributed by atoms with E-state index >= 15 is 0 Å². The van der Waals surface area contributed by atoms with E-state index in [2.05, 4.69) is 4.98 Å². The normalized spacial score (nSPS) is 11.3. The lowest BCUT2D eigenvalue weighted by Crippen LogP contribution is -2.30. The number of nitrogens with zero attached hydrogens (tertiary/aromatic N) is 1. The Hall–Kier alpha value is -4.95. The fraction of sp³-hybridized carbons (Fsp3) is 0.138. The first kappa shape index (κ1) is 32.6. The molecule has 14 heteroatoms. The van der Waals surface area contributed by atoms with Gasteiger partial charge in [-0.3, -0.25) is 10.2 Å². The summed E-state index contributed by atoms with van der Waals surface area (Å²) in [6.45, 7) is 2.79. The molecular weight excluding hydrogens is 587 g/mol. The molecule has 3 aromatic carbocycles. The molecule has 0 saturated carbocycles. The van der Waals surface area contributed by atoms with Crippen molar-refractivity contribution >= 4 is 27.7 Å². The monoisotopic (exact) mass is 615 g/mol. The lowest BCUT2D eigenvalue weighted by atomic mass is 9.99. The summed E-state index contributed by atoms with van der Waals surface area (Å²) in [7, 11) is -3.87. The summed E-state index contributed by atoms with van der Waals surface area (Å²) in [4.78, 5) is 27.2. The number of hydrogen-bond donors (Lipinski definition) is 5. The minimum absolute atomic E-state index is 0.0192. The molecule has 0 aliphatic carbocycles. The molecule has 0 unspecified atom stereocenters. The minimum Gasteiger partial charge on any atom is -0.475 e. The number of carbonyl (C=O) groups is 2. The molecule has 0 fully saturated rings. The van der Waals surface area contributed by atoms with Gasteiger partial charge in [-0.1, -0.05) is 60.7 Å². The topological polar surface area (TPSA) is 183 Å². The van der Waals surface area contributed by atoms with Gasteiger partial charge in [0.05, 0.1) is 10.5 Å². The van der Waals surface area contributed by atoms with Crippen LogP contribution in [0, 0.1) is 5.41 Å². The molecule has 0 bridgehead atoms. The van der Waals surface area contributed by atoms with Crippen LogP contribution in [0.4, 0.5) is 13.2 Å². The number of primary sulfonamides is 1. The molecule has 10 nitrogen and oxygen atoms in total. The van der Waals surface area contributed by atoms with Crippen LogP contribution in [0.2, 0.25) is 0 Å². The van der Waals surface area contributed by atoms with Crippen LogP contribution >= 0.6 is 0 Å². The second-order valence-electron chi connectivity index (χ2n) is 9.14. The number of amidine groups is 1. The highest BCUT2D eigenvalue weighted by Crippen LogP contribution is 2.31. The van der Waals surface area contributed by atoms with Crippen LogP contribution in [0.25, 0.3) is 22.3 Å². The molecule has 1 amide bonds. The maximum Gasteiger partial charge on any atom is 0.490 e. The maximum absolute atomic E-state index is 13.5. The number of amides is 1. The van der Waals surface area contributed by atoms with Gasteiger partial charge in [-0.2, -0.15) is 13.2 Å². The molecule has 0 spiro atoms. The van der Waals surface area contributed by atoms with E-state index in [0.717, 1.165) is 16.7 Å². The van der Waals surface area contributed by atoms with Crippen LogP contribution in [0.3, 0.4) is 0 Å². The van der Waals surface area contributed by atoms with Crippen LogP contribution in [-0.4, -0.2) is 53.8 Å². The van der Waals surface area contributed by atoms with E-state index in [4.69, 9.17) is 26.2 Å². The van der Waals surface area contributed by atoms with Gasteiger partial charge < -0.3 is 20.7 Å². The number of halogens is 3. The van der Waals surface area contributed by atoms with Crippen LogP contribution in [0.1, 0.15) is 28.4 Å². The summed E-state index contributed by atoms with van der Waals surface area (Å²) < 4.78 is 55.7. The van der Waals surface area contributed by atoms with E-state index < -0.39 is 22.2 Å². The van der Waals surface area contributed by atoms with E-state index in [9.17, 15) is 26.4 Å². The summed E-state index contributed by atoms with van der Waals surface area (Å²) in [6, 6.07) is 21.2. The molecule has 4 rings (SSSR count). The second kappa shape index (κ2) is 13.4. The molecule has 4 aromatic rings. The Morgan fingerprint density at radius 3 is 2.07 bits per heavy atom. The molecule has 0 atom stereocenters. The number of aliphatic carboxylic acids is 1. The van der Waals surface area contributed by atoms with Crippen molar-refractivity contribution in [3.05, 3.63) is 102 Å². The third kappa shape index (κ3) is 8.30. The first-order valence-corrected chi connectivity index (χ1v) is 14.1. The number of carbonyl (C=O) groups excluding carboxylic acids is 1. The standard InChI is InChI=1S/C27H27N5O3S.C2HF3O2/c1-2-32(17-18-6-5-7-21(14-18)26(28)29)27(33)24-16-31-15-23(24)20-12-10-19(11-13-20)22-8-3-4-9-25(22)36(30,34)35;3-2(4,5)1(6)7/h3-16,31H,2,17H2,1H3,(H3,28,29)(H2,30,34,35);(H,6,7). The van der Waals surface area contributed by atoms with Gasteiger partial charge in [-0.05, 0) is 35.7 Å². The summed E-state index contributed by atoms with van der Waals surface area (Å²) in [5.74, 6) is -2.91. The Kier molecular flexibility index (Phi) is 10.1. The fourth-order valence-corrected chi connectivity index (χ4v) is 4.88. The number of hydrogen-bond acceptors (Lipinski definition) is 5. The molecular formula is C29H28F3N5O5S. The van der Waals surface area contributed by atoms with Crippen LogP contribution in [-0.2, 0) is 21.4 Å². The van der Waals surface area contributed by atoms with Crippen molar-refractivity contribution in [2.75, 3.05) is 6.54 Å². The number of benzene rings is 3. The van der Waals surface area contributed by atoms with Crippen molar-refractivity contribution in [2.24, 2.45) is 10.9 Å². The third-order valence-electron chi connectivity index (χ3n) is 6.20. The van der Waals surface area contributed by atoms with Gasteiger partial charge in [0, 0.05) is 42.2 Å². The van der Waals surface area contributed by atoms with Crippen molar-refractivity contribution in [3.8, 4) is 22.3 Å². The highest BCUT2D eigenvalue weighted by Gasteiger charge is 2.38. The predicted molar refractivity (Wildman–Crippen MR) is 155 cm³/mol. The molecule has 226 valence electrons. The third-order valence-corrected chi connectivity index (χ3v) is 7.17. The number of carboxylic acids is 1. The fourth-order valence-electron chi connectivity index (χ4n) is 4.12. The van der Waals surface area contributed by atoms with Gasteiger partial charge in [-0.15, -0.1) is 0 Å². The van der Waals surface area contributed by atoms with Crippen molar-refractivity contribution in [1.82, 2.24) is 9.88 Å². The lowest BCUT2D eigenvalue weighted by molar-refractivity contribution is -0.192. The molecule has 1 aromatic heterocycles. The average Bonchev–Trinajstić information content (AvgIpc) is 3.45. The lowest BCUT2D eigenvalue weighted by Gasteiger charge is -2.21. The van der Waals surface area contributed by atoms with Gasteiger partial charge in [0.15, 0.2) is 0 Å². The van der Waals surface area contributed by atoms with Gasteiger partial charge in [0.1, 0.15) is 5.84 Å². The summed E-state index contributed by atoms with van der Waals surface area (Å²) in [6.07, 6.45) is -1.64. The maximum atomic E-state index is 13.5. The number of nitrogen functional groups attached to an aromatic ring is 1. The first-order valence-electron chi connectivity index (χ1n) is 12.6. The number of H-pyrrole nitrogens is 1. The SMILES string of the molecule is CCN(Cc1cccc(C(=N)N)c1)C(=O)c1c[nH]cc1-c1ccc(-c2ccccc2S(N)(=O)=O)cc1.O=C(O)C(F)(F)F. The molecule has 7 N–H and O–H groups in total. The molecule has 0 aliphatic rings. The van der Waals surface area contributed by atoms with Crippen molar-refractivity contribution in [2.45, 2.75) is 24.5 Å². The summed E-state index contributed by atoms with van der Waals surface area (Å²) in [5.41, 5.74) is 10.4.